The lowest BCUT2D eigenvalue weighted by Crippen LogP contribution is -2.48. The smallest absolute Gasteiger partial charge is 0.321 e. The van der Waals surface area contributed by atoms with E-state index in [4.69, 9.17) is 10.5 Å². The van der Waals surface area contributed by atoms with Crippen LogP contribution in [0.1, 0.15) is 49.4 Å². The summed E-state index contributed by atoms with van der Waals surface area (Å²) in [6.07, 6.45) is 4.43. The Balaban J connectivity index is 1.80. The van der Waals surface area contributed by atoms with Crippen molar-refractivity contribution in [3.8, 4) is 5.75 Å². The zero-order valence-corrected chi connectivity index (χ0v) is 13.7. The minimum atomic E-state index is -0.846. The van der Waals surface area contributed by atoms with Gasteiger partial charge in [0.05, 0.1) is 0 Å². The fraction of sp³-hybridized carbons (Fsp3) is 0.471. The largest absolute Gasteiger partial charge is 0.481 e. The molecule has 1 aromatic carbocycles. The van der Waals surface area contributed by atoms with Gasteiger partial charge in [-0.2, -0.15) is 0 Å². The molecule has 0 unspecified atom stereocenters. The van der Waals surface area contributed by atoms with Crippen molar-refractivity contribution in [1.82, 2.24) is 10.6 Å². The number of urea groups is 1. The molecule has 4 N–H and O–H groups in total. The molecule has 130 valence electrons. The molecule has 1 fully saturated rings. The third-order valence-corrected chi connectivity index (χ3v) is 4.00. The lowest BCUT2D eigenvalue weighted by Gasteiger charge is -2.23. The van der Waals surface area contributed by atoms with Gasteiger partial charge in [0.2, 0.25) is 5.91 Å². The van der Waals surface area contributed by atoms with Gasteiger partial charge in [-0.15, -0.1) is 0 Å². The van der Waals surface area contributed by atoms with Gasteiger partial charge in [0.1, 0.15) is 5.75 Å². The molecular weight excluding hydrogens is 310 g/mol. The minimum Gasteiger partial charge on any atom is -0.481 e. The molecule has 0 bridgehead atoms. The molecule has 0 aromatic heterocycles. The number of benzene rings is 1. The average Bonchev–Trinajstić information content (AvgIpc) is 2.56. The standard InChI is InChI=1S/C17H23N3O4/c1-11(24-14-9-7-12(8-10-14)15(18)21)16(22)20-17(23)19-13-5-3-2-4-6-13/h7-11,13H,2-6H2,1H3,(H2,18,21)(H2,19,20,22,23)/t11-/m0/s1. The summed E-state index contributed by atoms with van der Waals surface area (Å²) in [5.74, 6) is -0.649. The van der Waals surface area contributed by atoms with Gasteiger partial charge < -0.3 is 15.8 Å². The molecule has 0 saturated heterocycles. The van der Waals surface area contributed by atoms with Gasteiger partial charge in [0.25, 0.3) is 5.91 Å². The lowest BCUT2D eigenvalue weighted by molar-refractivity contribution is -0.126. The van der Waals surface area contributed by atoms with Crippen molar-refractivity contribution in [3.05, 3.63) is 29.8 Å². The Kier molecular flexibility index (Phi) is 6.17. The molecule has 2 rings (SSSR count). The number of carbonyl (C=O) groups excluding carboxylic acids is 3. The van der Waals surface area contributed by atoms with E-state index in [0.29, 0.717) is 11.3 Å². The summed E-state index contributed by atoms with van der Waals surface area (Å²) in [5, 5.41) is 5.10. The summed E-state index contributed by atoms with van der Waals surface area (Å²) in [5.41, 5.74) is 5.51. The lowest BCUT2D eigenvalue weighted by atomic mass is 9.96. The van der Waals surface area contributed by atoms with Crippen LogP contribution in [0.3, 0.4) is 0 Å². The second-order valence-corrected chi connectivity index (χ2v) is 5.95. The number of imide groups is 1. The average molecular weight is 333 g/mol. The van der Waals surface area contributed by atoms with Crippen molar-refractivity contribution in [1.29, 1.82) is 0 Å². The Hall–Kier alpha value is -2.57. The maximum absolute atomic E-state index is 12.0. The highest BCUT2D eigenvalue weighted by atomic mass is 16.5. The molecule has 4 amide bonds. The number of primary amides is 1. The van der Waals surface area contributed by atoms with E-state index in [9.17, 15) is 14.4 Å². The fourth-order valence-electron chi connectivity index (χ4n) is 2.64. The van der Waals surface area contributed by atoms with Crippen LogP contribution >= 0.6 is 0 Å². The summed E-state index contributed by atoms with van der Waals surface area (Å²) < 4.78 is 5.46. The first-order valence-corrected chi connectivity index (χ1v) is 8.13. The second kappa shape index (κ2) is 8.33. The van der Waals surface area contributed by atoms with Gasteiger partial charge in [-0.05, 0) is 44.0 Å². The van der Waals surface area contributed by atoms with Gasteiger partial charge in [-0.1, -0.05) is 19.3 Å². The molecule has 7 heteroatoms. The van der Waals surface area contributed by atoms with E-state index in [0.717, 1.165) is 25.7 Å². The molecule has 0 aliphatic heterocycles. The van der Waals surface area contributed by atoms with E-state index in [1.54, 1.807) is 19.1 Å². The molecule has 24 heavy (non-hydrogen) atoms. The van der Waals surface area contributed by atoms with E-state index in [-0.39, 0.29) is 6.04 Å². The number of ether oxygens (including phenoxy) is 1. The van der Waals surface area contributed by atoms with Crippen molar-refractivity contribution in [2.45, 2.75) is 51.2 Å². The highest BCUT2D eigenvalue weighted by molar-refractivity contribution is 5.96. The van der Waals surface area contributed by atoms with Crippen LogP contribution < -0.4 is 21.1 Å². The molecule has 1 aliphatic rings. The van der Waals surface area contributed by atoms with E-state index < -0.39 is 23.9 Å². The molecule has 0 spiro atoms. The van der Waals surface area contributed by atoms with Gasteiger partial charge in [-0.3, -0.25) is 14.9 Å². The number of rotatable bonds is 5. The number of hydrogen-bond acceptors (Lipinski definition) is 4. The predicted molar refractivity (Wildman–Crippen MR) is 88.6 cm³/mol. The maximum atomic E-state index is 12.0. The summed E-state index contributed by atoms with van der Waals surface area (Å²) in [6, 6.07) is 5.75. The zero-order valence-electron chi connectivity index (χ0n) is 13.7. The molecular formula is C17H23N3O4. The van der Waals surface area contributed by atoms with Gasteiger partial charge >= 0.3 is 6.03 Å². The molecule has 7 nitrogen and oxygen atoms in total. The first-order chi connectivity index (χ1) is 11.5. The second-order valence-electron chi connectivity index (χ2n) is 5.95. The molecule has 0 heterocycles. The predicted octanol–water partition coefficient (Wildman–Crippen LogP) is 1.71. The van der Waals surface area contributed by atoms with Gasteiger partial charge in [0, 0.05) is 11.6 Å². The number of hydrogen-bond donors (Lipinski definition) is 3. The minimum absolute atomic E-state index is 0.129. The van der Waals surface area contributed by atoms with E-state index >= 15 is 0 Å². The Labute approximate surface area is 140 Å². The topological polar surface area (TPSA) is 111 Å². The first kappa shape index (κ1) is 17.8. The van der Waals surface area contributed by atoms with E-state index in [1.807, 2.05) is 0 Å². The van der Waals surface area contributed by atoms with Crippen LogP contribution in [0.5, 0.6) is 5.75 Å². The Morgan fingerprint density at radius 2 is 1.75 bits per heavy atom. The summed E-state index contributed by atoms with van der Waals surface area (Å²) in [7, 11) is 0. The van der Waals surface area contributed by atoms with Gasteiger partial charge in [0.15, 0.2) is 6.10 Å². The Bertz CT molecular complexity index is 594. The molecule has 1 aromatic rings. The van der Waals surface area contributed by atoms with Crippen molar-refractivity contribution < 1.29 is 19.1 Å². The maximum Gasteiger partial charge on any atom is 0.321 e. The van der Waals surface area contributed by atoms with Crippen LogP contribution in [-0.4, -0.2) is 30.0 Å². The van der Waals surface area contributed by atoms with E-state index in [1.165, 1.54) is 18.6 Å². The Morgan fingerprint density at radius 3 is 2.33 bits per heavy atom. The summed E-state index contributed by atoms with van der Waals surface area (Å²) in [4.78, 5) is 34.9. The molecule has 0 radical (unpaired) electrons. The third-order valence-electron chi connectivity index (χ3n) is 4.00. The first-order valence-electron chi connectivity index (χ1n) is 8.13. The number of nitrogens with two attached hydrogens (primary N) is 1. The van der Waals surface area contributed by atoms with E-state index in [2.05, 4.69) is 10.6 Å². The monoisotopic (exact) mass is 333 g/mol. The molecule has 1 aliphatic carbocycles. The molecule has 1 saturated carbocycles. The van der Waals surface area contributed by atoms with Crippen LogP contribution in [0.25, 0.3) is 0 Å². The highest BCUT2D eigenvalue weighted by Crippen LogP contribution is 2.17. The van der Waals surface area contributed by atoms with Crippen LogP contribution in [0.4, 0.5) is 4.79 Å². The van der Waals surface area contributed by atoms with Crippen molar-refractivity contribution >= 4 is 17.8 Å². The number of amides is 4. The SMILES string of the molecule is C[C@H](Oc1ccc(C(N)=O)cc1)C(=O)NC(=O)NC1CCCCC1. The van der Waals surface area contributed by atoms with Crippen LogP contribution in [-0.2, 0) is 4.79 Å². The van der Waals surface area contributed by atoms with Crippen molar-refractivity contribution in [2.24, 2.45) is 5.73 Å². The quantitative estimate of drug-likeness (QED) is 0.761. The Morgan fingerprint density at radius 1 is 1.12 bits per heavy atom. The zero-order chi connectivity index (χ0) is 17.5. The normalized spacial score (nSPS) is 16.0. The fourth-order valence-corrected chi connectivity index (χ4v) is 2.64. The number of carbonyl (C=O) groups is 3. The summed E-state index contributed by atoms with van der Waals surface area (Å²) in [6.45, 7) is 1.55. The van der Waals surface area contributed by atoms with Crippen molar-refractivity contribution in [3.63, 3.8) is 0 Å². The van der Waals surface area contributed by atoms with Crippen molar-refractivity contribution in [2.75, 3.05) is 0 Å². The van der Waals surface area contributed by atoms with Crippen LogP contribution in [0.2, 0.25) is 0 Å². The van der Waals surface area contributed by atoms with Gasteiger partial charge in [-0.25, -0.2) is 4.79 Å². The van der Waals surface area contributed by atoms with Crippen LogP contribution in [0.15, 0.2) is 24.3 Å². The third kappa shape index (κ3) is 5.26. The molecule has 1 atom stereocenters. The summed E-state index contributed by atoms with van der Waals surface area (Å²) >= 11 is 0. The highest BCUT2D eigenvalue weighted by Gasteiger charge is 2.20. The van der Waals surface area contributed by atoms with Crippen LogP contribution in [0, 0.1) is 0 Å². The number of nitrogens with one attached hydrogen (secondary N) is 2.